The SMILES string of the molecule is O=C(O)C1=C(C(=O)Nc2ccc(SC3CC(=O)N(c4ccc5cc[nH]c5c4)C3=O)cc2)CCCC1. The van der Waals surface area contributed by atoms with Crippen molar-refractivity contribution in [2.75, 3.05) is 10.2 Å². The number of aromatic amines is 1. The Bertz CT molecular complexity index is 1380. The number of aromatic nitrogens is 1. The Morgan fingerprint density at radius 2 is 1.74 bits per heavy atom. The lowest BCUT2D eigenvalue weighted by Crippen LogP contribution is -2.31. The number of rotatable bonds is 6. The summed E-state index contributed by atoms with van der Waals surface area (Å²) in [6, 6.07) is 14.3. The van der Waals surface area contributed by atoms with Crippen molar-refractivity contribution < 1.29 is 24.3 Å². The monoisotopic (exact) mass is 489 g/mol. The number of carboxylic acids is 1. The van der Waals surface area contributed by atoms with Crippen molar-refractivity contribution in [2.45, 2.75) is 42.2 Å². The average molecular weight is 490 g/mol. The standard InChI is InChI=1S/C26H23N3O5S/c30-23-14-22(25(32)29(23)17-8-5-15-11-12-27-21(15)13-17)35-18-9-6-16(7-10-18)28-24(31)19-3-1-2-4-20(19)26(33)34/h5-13,22,27H,1-4,14H2,(H,28,31)(H,33,34). The zero-order chi connectivity index (χ0) is 24.5. The third-order valence-electron chi connectivity index (χ3n) is 6.29. The van der Waals surface area contributed by atoms with Gasteiger partial charge < -0.3 is 15.4 Å². The summed E-state index contributed by atoms with van der Waals surface area (Å²) >= 11 is 1.31. The zero-order valence-electron chi connectivity index (χ0n) is 18.7. The van der Waals surface area contributed by atoms with Crippen molar-refractivity contribution in [3.05, 3.63) is 65.9 Å². The van der Waals surface area contributed by atoms with Crippen LogP contribution in [0.3, 0.4) is 0 Å². The minimum Gasteiger partial charge on any atom is -0.478 e. The molecule has 0 spiro atoms. The van der Waals surface area contributed by atoms with Gasteiger partial charge in [-0.3, -0.25) is 14.4 Å². The Hall–Kier alpha value is -3.85. The second-order valence-corrected chi connectivity index (χ2v) is 9.85. The molecule has 1 atom stereocenters. The summed E-state index contributed by atoms with van der Waals surface area (Å²) in [5.74, 6) is -1.93. The van der Waals surface area contributed by atoms with Crippen LogP contribution in [0.25, 0.3) is 10.9 Å². The first-order chi connectivity index (χ1) is 16.9. The van der Waals surface area contributed by atoms with Crippen molar-refractivity contribution >= 4 is 57.7 Å². The minimum atomic E-state index is -1.04. The van der Waals surface area contributed by atoms with Crippen LogP contribution < -0.4 is 10.2 Å². The fourth-order valence-electron chi connectivity index (χ4n) is 4.52. The molecule has 178 valence electrons. The second kappa shape index (κ2) is 9.42. The first-order valence-corrected chi connectivity index (χ1v) is 12.3. The molecule has 3 N–H and O–H groups in total. The van der Waals surface area contributed by atoms with Crippen LogP contribution in [-0.4, -0.2) is 39.0 Å². The molecule has 8 nitrogen and oxygen atoms in total. The molecule has 3 amide bonds. The van der Waals surface area contributed by atoms with E-state index in [4.69, 9.17) is 0 Å². The summed E-state index contributed by atoms with van der Waals surface area (Å²) in [5.41, 5.74) is 2.46. The van der Waals surface area contributed by atoms with Crippen LogP contribution in [0, 0.1) is 0 Å². The van der Waals surface area contributed by atoms with Crippen molar-refractivity contribution in [3.8, 4) is 0 Å². The molecule has 1 fully saturated rings. The van der Waals surface area contributed by atoms with Gasteiger partial charge in [-0.25, -0.2) is 9.69 Å². The number of hydrogen-bond acceptors (Lipinski definition) is 5. The molecule has 1 aromatic heterocycles. The predicted octanol–water partition coefficient (Wildman–Crippen LogP) is 4.49. The van der Waals surface area contributed by atoms with E-state index in [0.717, 1.165) is 28.6 Å². The summed E-state index contributed by atoms with van der Waals surface area (Å²) in [7, 11) is 0. The number of nitrogens with one attached hydrogen (secondary N) is 2. The number of benzene rings is 2. The topological polar surface area (TPSA) is 120 Å². The Balaban J connectivity index is 1.25. The Morgan fingerprint density at radius 1 is 1.00 bits per heavy atom. The smallest absolute Gasteiger partial charge is 0.332 e. The highest BCUT2D eigenvalue weighted by Gasteiger charge is 2.40. The quantitative estimate of drug-likeness (QED) is 0.439. The number of anilines is 2. The van der Waals surface area contributed by atoms with Gasteiger partial charge in [0.1, 0.15) is 0 Å². The van der Waals surface area contributed by atoms with Crippen LogP contribution in [0.1, 0.15) is 32.1 Å². The number of H-pyrrole nitrogens is 1. The van der Waals surface area contributed by atoms with Crippen molar-refractivity contribution in [1.29, 1.82) is 0 Å². The fourth-order valence-corrected chi connectivity index (χ4v) is 5.58. The molecule has 9 heteroatoms. The summed E-state index contributed by atoms with van der Waals surface area (Å²) in [6.07, 6.45) is 4.33. The maximum absolute atomic E-state index is 13.0. The van der Waals surface area contributed by atoms with Crippen LogP contribution in [0.5, 0.6) is 0 Å². The molecule has 2 aromatic carbocycles. The van der Waals surface area contributed by atoms with E-state index in [2.05, 4.69) is 10.3 Å². The summed E-state index contributed by atoms with van der Waals surface area (Å²) in [4.78, 5) is 54.9. The number of nitrogens with zero attached hydrogens (tertiary/aromatic N) is 1. The lowest BCUT2D eigenvalue weighted by atomic mass is 9.91. The number of carboxylic acid groups (broad SMARTS) is 1. The van der Waals surface area contributed by atoms with Gasteiger partial charge in [0.05, 0.1) is 10.9 Å². The van der Waals surface area contributed by atoms with Crippen molar-refractivity contribution in [2.24, 2.45) is 0 Å². The van der Waals surface area contributed by atoms with E-state index in [-0.39, 0.29) is 23.8 Å². The van der Waals surface area contributed by atoms with Gasteiger partial charge in [-0.2, -0.15) is 0 Å². The average Bonchev–Trinajstić information content (AvgIpc) is 3.43. The number of thioether (sulfide) groups is 1. The number of fused-ring (bicyclic) bond motifs is 1. The maximum Gasteiger partial charge on any atom is 0.332 e. The first-order valence-electron chi connectivity index (χ1n) is 11.4. The van der Waals surface area contributed by atoms with Crippen LogP contribution in [0.4, 0.5) is 11.4 Å². The third-order valence-corrected chi connectivity index (χ3v) is 7.49. The maximum atomic E-state index is 13.0. The van der Waals surface area contributed by atoms with Gasteiger partial charge in [0, 0.05) is 39.9 Å². The molecular formula is C26H23N3O5S. The molecular weight excluding hydrogens is 466 g/mol. The van der Waals surface area contributed by atoms with Crippen LogP contribution in [0.2, 0.25) is 0 Å². The highest BCUT2D eigenvalue weighted by Crippen LogP contribution is 2.35. The molecule has 5 rings (SSSR count). The number of aliphatic carboxylic acids is 1. The lowest BCUT2D eigenvalue weighted by Gasteiger charge is -2.17. The van der Waals surface area contributed by atoms with Crippen molar-refractivity contribution in [3.63, 3.8) is 0 Å². The van der Waals surface area contributed by atoms with Gasteiger partial charge in [-0.1, -0.05) is 6.07 Å². The second-order valence-electron chi connectivity index (χ2n) is 8.58. The summed E-state index contributed by atoms with van der Waals surface area (Å²) < 4.78 is 0. The number of hydrogen-bond donors (Lipinski definition) is 3. The predicted molar refractivity (Wildman–Crippen MR) is 133 cm³/mol. The van der Waals surface area contributed by atoms with E-state index >= 15 is 0 Å². The van der Waals surface area contributed by atoms with Gasteiger partial charge in [0.2, 0.25) is 11.8 Å². The Morgan fingerprint density at radius 3 is 2.49 bits per heavy atom. The molecule has 1 aliphatic heterocycles. The molecule has 0 bridgehead atoms. The lowest BCUT2D eigenvalue weighted by molar-refractivity contribution is -0.133. The Labute approximate surface area is 205 Å². The normalized spacial score (nSPS) is 18.4. The summed E-state index contributed by atoms with van der Waals surface area (Å²) in [6.45, 7) is 0. The molecule has 2 aliphatic rings. The van der Waals surface area contributed by atoms with E-state index in [0.29, 0.717) is 29.8 Å². The highest BCUT2D eigenvalue weighted by molar-refractivity contribution is 8.00. The van der Waals surface area contributed by atoms with Gasteiger partial charge >= 0.3 is 5.97 Å². The van der Waals surface area contributed by atoms with Crippen molar-refractivity contribution in [1.82, 2.24) is 4.98 Å². The van der Waals surface area contributed by atoms with E-state index in [1.807, 2.05) is 18.3 Å². The van der Waals surface area contributed by atoms with Gasteiger partial charge in [-0.05, 0) is 73.5 Å². The van der Waals surface area contributed by atoms with Gasteiger partial charge in [0.15, 0.2) is 0 Å². The van der Waals surface area contributed by atoms with Crippen LogP contribution in [-0.2, 0) is 19.2 Å². The molecule has 2 heterocycles. The molecule has 1 aliphatic carbocycles. The van der Waals surface area contributed by atoms with E-state index < -0.39 is 17.1 Å². The van der Waals surface area contributed by atoms with Crippen LogP contribution in [0.15, 0.2) is 70.8 Å². The number of carbonyl (C=O) groups excluding carboxylic acids is 3. The molecule has 0 saturated carbocycles. The van der Waals surface area contributed by atoms with Gasteiger partial charge in [-0.15, -0.1) is 11.8 Å². The molecule has 1 saturated heterocycles. The third kappa shape index (κ3) is 4.59. The molecule has 0 radical (unpaired) electrons. The van der Waals surface area contributed by atoms with E-state index in [1.54, 1.807) is 36.4 Å². The van der Waals surface area contributed by atoms with Crippen LogP contribution >= 0.6 is 11.8 Å². The first kappa shape index (κ1) is 22.9. The summed E-state index contributed by atoms with van der Waals surface area (Å²) in [5, 5.41) is 12.6. The molecule has 1 unspecified atom stereocenters. The minimum absolute atomic E-state index is 0.108. The highest BCUT2D eigenvalue weighted by atomic mass is 32.2. The fraction of sp³-hybridized carbons (Fsp3) is 0.231. The molecule has 3 aromatic rings. The number of imide groups is 1. The largest absolute Gasteiger partial charge is 0.478 e. The Kier molecular flexibility index (Phi) is 6.17. The van der Waals surface area contributed by atoms with E-state index in [9.17, 15) is 24.3 Å². The molecule has 35 heavy (non-hydrogen) atoms. The number of carbonyl (C=O) groups is 4. The van der Waals surface area contributed by atoms with Gasteiger partial charge in [0.25, 0.3) is 5.91 Å². The zero-order valence-corrected chi connectivity index (χ0v) is 19.6. The van der Waals surface area contributed by atoms with E-state index in [1.165, 1.54) is 16.7 Å². The number of amides is 3.